The second kappa shape index (κ2) is 8.19. The Bertz CT molecular complexity index is 421. The molecule has 0 unspecified atom stereocenters. The Morgan fingerprint density at radius 2 is 1.89 bits per heavy atom. The molecule has 0 aliphatic carbocycles. The highest BCUT2D eigenvalue weighted by Gasteiger charge is 2.05. The summed E-state index contributed by atoms with van der Waals surface area (Å²) >= 11 is 0. The van der Waals surface area contributed by atoms with Crippen LogP contribution in [-0.2, 0) is 0 Å². The molecule has 0 saturated heterocycles. The third-order valence-electron chi connectivity index (χ3n) is 2.79. The molecule has 0 aliphatic rings. The number of allylic oxidation sites excluding steroid dienone is 1. The van der Waals surface area contributed by atoms with E-state index in [9.17, 15) is 4.79 Å². The summed E-state index contributed by atoms with van der Waals surface area (Å²) in [5.41, 5.74) is 3.04. The van der Waals surface area contributed by atoms with Crippen LogP contribution in [-0.4, -0.2) is 19.1 Å². The quantitative estimate of drug-likeness (QED) is 0.690. The zero-order valence-corrected chi connectivity index (χ0v) is 11.9. The molecule has 2 amide bonds. The van der Waals surface area contributed by atoms with Gasteiger partial charge in [0.25, 0.3) is 0 Å². The zero-order chi connectivity index (χ0) is 14.1. The molecule has 3 N–H and O–H groups in total. The van der Waals surface area contributed by atoms with E-state index >= 15 is 0 Å². The van der Waals surface area contributed by atoms with Gasteiger partial charge in [-0.1, -0.05) is 24.3 Å². The first-order chi connectivity index (χ1) is 9.15. The van der Waals surface area contributed by atoms with Crippen LogP contribution in [0.25, 0.3) is 0 Å². The van der Waals surface area contributed by atoms with E-state index in [-0.39, 0.29) is 6.03 Å². The number of aryl methyl sites for hydroxylation is 2. The van der Waals surface area contributed by atoms with Crippen molar-refractivity contribution in [2.24, 2.45) is 0 Å². The molecule has 19 heavy (non-hydrogen) atoms. The van der Waals surface area contributed by atoms with Gasteiger partial charge in [0.05, 0.1) is 0 Å². The van der Waals surface area contributed by atoms with Crippen LogP contribution >= 0.6 is 0 Å². The highest BCUT2D eigenvalue weighted by atomic mass is 16.2. The molecular formula is C15H23N3O. The van der Waals surface area contributed by atoms with Gasteiger partial charge in [0.1, 0.15) is 0 Å². The average molecular weight is 261 g/mol. The molecule has 0 fully saturated rings. The number of carbonyl (C=O) groups excluding carboxylic acids is 1. The monoisotopic (exact) mass is 261 g/mol. The van der Waals surface area contributed by atoms with Gasteiger partial charge in [0, 0.05) is 18.8 Å². The van der Waals surface area contributed by atoms with Gasteiger partial charge in [-0.25, -0.2) is 4.79 Å². The summed E-state index contributed by atoms with van der Waals surface area (Å²) in [4.78, 5) is 11.7. The molecular weight excluding hydrogens is 238 g/mol. The lowest BCUT2D eigenvalue weighted by Gasteiger charge is -2.12. The Labute approximate surface area is 115 Å². The number of amides is 2. The van der Waals surface area contributed by atoms with Crippen molar-refractivity contribution in [3.63, 3.8) is 0 Å². The maximum Gasteiger partial charge on any atom is 0.319 e. The first-order valence-corrected chi connectivity index (χ1v) is 6.60. The first-order valence-electron chi connectivity index (χ1n) is 6.60. The number of hydrogen-bond acceptors (Lipinski definition) is 2. The number of rotatable bonds is 6. The number of para-hydroxylation sites is 1. The molecule has 0 spiro atoms. The maximum absolute atomic E-state index is 11.7. The molecule has 0 aliphatic heterocycles. The van der Waals surface area contributed by atoms with Crippen LogP contribution in [0, 0.1) is 13.8 Å². The van der Waals surface area contributed by atoms with Crippen molar-refractivity contribution in [3.8, 4) is 0 Å². The predicted molar refractivity (Wildman–Crippen MR) is 80.4 cm³/mol. The van der Waals surface area contributed by atoms with Crippen LogP contribution in [0.15, 0.2) is 30.5 Å². The molecule has 1 aromatic rings. The molecule has 104 valence electrons. The molecule has 0 heterocycles. The van der Waals surface area contributed by atoms with E-state index in [1.165, 1.54) is 0 Å². The van der Waals surface area contributed by atoms with Crippen molar-refractivity contribution in [2.45, 2.75) is 27.2 Å². The third kappa shape index (κ3) is 5.46. The molecule has 4 nitrogen and oxygen atoms in total. The number of anilines is 1. The van der Waals surface area contributed by atoms with Gasteiger partial charge in [-0.2, -0.15) is 0 Å². The van der Waals surface area contributed by atoms with E-state index in [4.69, 9.17) is 0 Å². The fourth-order valence-electron chi connectivity index (χ4n) is 1.76. The fraction of sp³-hybridized carbons (Fsp3) is 0.400. The Kier molecular flexibility index (Phi) is 6.50. The summed E-state index contributed by atoms with van der Waals surface area (Å²) in [5.74, 6) is 0. The number of benzene rings is 1. The van der Waals surface area contributed by atoms with E-state index in [0.29, 0.717) is 6.54 Å². The molecule has 0 radical (unpaired) electrons. The van der Waals surface area contributed by atoms with Crippen molar-refractivity contribution >= 4 is 11.7 Å². The van der Waals surface area contributed by atoms with E-state index in [1.54, 1.807) is 0 Å². The van der Waals surface area contributed by atoms with Crippen molar-refractivity contribution in [2.75, 3.05) is 18.4 Å². The Morgan fingerprint density at radius 3 is 2.53 bits per heavy atom. The van der Waals surface area contributed by atoms with Gasteiger partial charge in [0.2, 0.25) is 0 Å². The van der Waals surface area contributed by atoms with Gasteiger partial charge >= 0.3 is 6.03 Å². The normalized spacial score (nSPS) is 10.5. The van der Waals surface area contributed by atoms with E-state index in [1.807, 2.05) is 51.2 Å². The van der Waals surface area contributed by atoms with E-state index < -0.39 is 0 Å². The van der Waals surface area contributed by atoms with Crippen molar-refractivity contribution in [1.82, 2.24) is 10.6 Å². The second-order valence-electron chi connectivity index (χ2n) is 4.46. The highest BCUT2D eigenvalue weighted by molar-refractivity contribution is 5.90. The molecule has 0 atom stereocenters. The second-order valence-corrected chi connectivity index (χ2v) is 4.46. The molecule has 0 saturated carbocycles. The lowest BCUT2D eigenvalue weighted by Crippen LogP contribution is -2.31. The van der Waals surface area contributed by atoms with Crippen LogP contribution in [0.5, 0.6) is 0 Å². The maximum atomic E-state index is 11.7. The number of urea groups is 1. The molecule has 1 rings (SSSR count). The largest absolute Gasteiger partial charge is 0.391 e. The minimum atomic E-state index is -0.150. The van der Waals surface area contributed by atoms with E-state index in [2.05, 4.69) is 16.0 Å². The number of carbonyl (C=O) groups is 1. The molecule has 0 bridgehead atoms. The Balaban J connectivity index is 2.31. The SMILES string of the molecule is CC=CNCCCNC(=O)Nc1c(C)cccc1C. The number of nitrogens with one attached hydrogen (secondary N) is 3. The highest BCUT2D eigenvalue weighted by Crippen LogP contribution is 2.18. The summed E-state index contributed by atoms with van der Waals surface area (Å²) in [5, 5.41) is 8.87. The van der Waals surface area contributed by atoms with Gasteiger partial charge in [0.15, 0.2) is 0 Å². The summed E-state index contributed by atoms with van der Waals surface area (Å²) in [7, 11) is 0. The third-order valence-corrected chi connectivity index (χ3v) is 2.79. The summed E-state index contributed by atoms with van der Waals surface area (Å²) in [6, 6.07) is 5.82. The van der Waals surface area contributed by atoms with Crippen molar-refractivity contribution in [3.05, 3.63) is 41.6 Å². The van der Waals surface area contributed by atoms with Crippen molar-refractivity contribution in [1.29, 1.82) is 0 Å². The first kappa shape index (κ1) is 15.1. The average Bonchev–Trinajstić information content (AvgIpc) is 2.38. The molecule has 4 heteroatoms. The lowest BCUT2D eigenvalue weighted by atomic mass is 10.1. The lowest BCUT2D eigenvalue weighted by molar-refractivity contribution is 0.252. The summed E-state index contributed by atoms with van der Waals surface area (Å²) < 4.78 is 0. The van der Waals surface area contributed by atoms with Crippen LogP contribution in [0.1, 0.15) is 24.5 Å². The van der Waals surface area contributed by atoms with Gasteiger partial charge in [-0.15, -0.1) is 0 Å². The standard InChI is InChI=1S/C15H23N3O/c1-4-9-16-10-6-11-17-15(19)18-14-12(2)7-5-8-13(14)3/h4-5,7-9,16H,6,10-11H2,1-3H3,(H2,17,18,19). The molecule has 1 aromatic carbocycles. The minimum absolute atomic E-state index is 0.150. The smallest absolute Gasteiger partial charge is 0.319 e. The zero-order valence-electron chi connectivity index (χ0n) is 11.9. The van der Waals surface area contributed by atoms with Gasteiger partial charge < -0.3 is 16.0 Å². The summed E-state index contributed by atoms with van der Waals surface area (Å²) in [6.07, 6.45) is 4.74. The fourth-order valence-corrected chi connectivity index (χ4v) is 1.76. The van der Waals surface area contributed by atoms with Crippen molar-refractivity contribution < 1.29 is 4.79 Å². The van der Waals surface area contributed by atoms with Gasteiger partial charge in [-0.05, 0) is 44.5 Å². The number of hydrogen-bond donors (Lipinski definition) is 3. The van der Waals surface area contributed by atoms with Gasteiger partial charge in [-0.3, -0.25) is 0 Å². The van der Waals surface area contributed by atoms with Crippen LogP contribution < -0.4 is 16.0 Å². The Hall–Kier alpha value is -1.97. The minimum Gasteiger partial charge on any atom is -0.391 e. The van der Waals surface area contributed by atoms with Crippen LogP contribution in [0.3, 0.4) is 0 Å². The predicted octanol–water partition coefficient (Wildman–Crippen LogP) is 2.94. The Morgan fingerprint density at radius 1 is 1.21 bits per heavy atom. The van der Waals surface area contributed by atoms with Crippen LogP contribution in [0.2, 0.25) is 0 Å². The summed E-state index contributed by atoms with van der Waals surface area (Å²) in [6.45, 7) is 7.45. The topological polar surface area (TPSA) is 53.2 Å². The van der Waals surface area contributed by atoms with Crippen LogP contribution in [0.4, 0.5) is 10.5 Å². The van der Waals surface area contributed by atoms with E-state index in [0.717, 1.165) is 29.8 Å². The molecule has 0 aromatic heterocycles.